The maximum absolute atomic E-state index is 13.1. The molecule has 0 radical (unpaired) electrons. The van der Waals surface area contributed by atoms with Crippen molar-refractivity contribution in [1.82, 2.24) is 5.32 Å². The number of fused-ring (bicyclic) bond motifs is 1. The Morgan fingerprint density at radius 1 is 0.854 bits per heavy atom. The van der Waals surface area contributed by atoms with Gasteiger partial charge >= 0.3 is 11.9 Å². The summed E-state index contributed by atoms with van der Waals surface area (Å²) in [6, 6.07) is 19.4. The lowest BCUT2D eigenvalue weighted by Gasteiger charge is -2.23. The molecule has 1 N–H and O–H groups in total. The monoisotopic (exact) mass is 581 g/mol. The number of rotatable bonds is 12. The summed E-state index contributed by atoms with van der Waals surface area (Å²) < 4.78 is 36.0. The van der Waals surface area contributed by atoms with Gasteiger partial charge in [-0.1, -0.05) is 67.6 Å². The molecule has 0 aliphatic heterocycles. The topological polar surface area (TPSA) is 133 Å². The van der Waals surface area contributed by atoms with Gasteiger partial charge in [-0.25, -0.2) is 8.42 Å². The van der Waals surface area contributed by atoms with Crippen molar-refractivity contribution in [3.05, 3.63) is 78.4 Å². The molecule has 0 aromatic heterocycles. The fourth-order valence-corrected chi connectivity index (χ4v) is 5.72. The lowest BCUT2D eigenvalue weighted by Crippen LogP contribution is -2.47. The van der Waals surface area contributed by atoms with Gasteiger partial charge in [0, 0.05) is 5.92 Å². The first kappa shape index (κ1) is 31.5. The van der Waals surface area contributed by atoms with Gasteiger partial charge in [-0.2, -0.15) is 0 Å². The van der Waals surface area contributed by atoms with Gasteiger partial charge in [-0.05, 0) is 49.2 Å². The summed E-state index contributed by atoms with van der Waals surface area (Å²) in [5.74, 6) is -4.41. The van der Waals surface area contributed by atoms with E-state index in [1.54, 1.807) is 45.0 Å². The van der Waals surface area contributed by atoms with Crippen LogP contribution in [0.3, 0.4) is 0 Å². The molecule has 10 heteroatoms. The first-order valence-electron chi connectivity index (χ1n) is 13.2. The minimum absolute atomic E-state index is 0.0686. The molecule has 0 aliphatic rings. The fraction of sp³-hybridized carbons (Fsp3) is 0.355. The standard InChI is InChI=1S/C31H35NO8S/c1-21(20-41(37,38)24-14-6-5-7-15-24)30(36)32-26(18-29(35)40-31(2,3)4)27(33)19-39-28(34)17-23-13-10-12-22-11-8-9-16-25(22)23/h5-16,21,26H,17-20H2,1-4H3,(H,32,36). The highest BCUT2D eigenvalue weighted by molar-refractivity contribution is 7.91. The normalized spacial score (nSPS) is 13.2. The number of ketones is 1. The summed E-state index contributed by atoms with van der Waals surface area (Å²) >= 11 is 0. The molecule has 2 unspecified atom stereocenters. The number of benzene rings is 3. The summed E-state index contributed by atoms with van der Waals surface area (Å²) in [5, 5.41) is 4.30. The number of carbonyl (C=O) groups excluding carboxylic acids is 4. The summed E-state index contributed by atoms with van der Waals surface area (Å²) in [6.07, 6.45) is -0.590. The smallest absolute Gasteiger partial charge is 0.310 e. The van der Waals surface area contributed by atoms with E-state index in [1.165, 1.54) is 19.1 Å². The van der Waals surface area contributed by atoms with Crippen LogP contribution in [0, 0.1) is 5.92 Å². The molecule has 3 rings (SSSR count). The molecule has 1 amide bonds. The molecular weight excluding hydrogens is 546 g/mol. The van der Waals surface area contributed by atoms with E-state index in [1.807, 2.05) is 36.4 Å². The molecule has 0 bridgehead atoms. The Balaban J connectivity index is 1.67. The van der Waals surface area contributed by atoms with Gasteiger partial charge in [0.1, 0.15) is 11.6 Å². The van der Waals surface area contributed by atoms with Crippen LogP contribution >= 0.6 is 0 Å². The van der Waals surface area contributed by atoms with Crippen molar-refractivity contribution >= 4 is 44.2 Å². The van der Waals surface area contributed by atoms with Crippen molar-refractivity contribution in [1.29, 1.82) is 0 Å². The molecule has 9 nitrogen and oxygen atoms in total. The van der Waals surface area contributed by atoms with E-state index < -0.39 is 69.8 Å². The zero-order valence-corrected chi connectivity index (χ0v) is 24.4. The van der Waals surface area contributed by atoms with Gasteiger partial charge in [0.25, 0.3) is 0 Å². The van der Waals surface area contributed by atoms with Crippen LogP contribution in [0.5, 0.6) is 0 Å². The van der Waals surface area contributed by atoms with Crippen molar-refractivity contribution in [3.63, 3.8) is 0 Å². The van der Waals surface area contributed by atoms with Crippen molar-refractivity contribution < 1.29 is 37.1 Å². The largest absolute Gasteiger partial charge is 0.460 e. The third-order valence-electron chi connectivity index (χ3n) is 6.11. The third-order valence-corrected chi connectivity index (χ3v) is 8.03. The van der Waals surface area contributed by atoms with E-state index in [0.29, 0.717) is 0 Å². The minimum Gasteiger partial charge on any atom is -0.460 e. The van der Waals surface area contributed by atoms with Crippen LogP contribution in [0.4, 0.5) is 0 Å². The van der Waals surface area contributed by atoms with Gasteiger partial charge in [-0.15, -0.1) is 0 Å². The molecule has 0 spiro atoms. The lowest BCUT2D eigenvalue weighted by atomic mass is 10.0. The maximum Gasteiger partial charge on any atom is 0.310 e. The fourth-order valence-electron chi connectivity index (χ4n) is 4.14. The molecule has 3 aromatic rings. The molecule has 218 valence electrons. The highest BCUT2D eigenvalue weighted by atomic mass is 32.2. The second-order valence-electron chi connectivity index (χ2n) is 10.8. The van der Waals surface area contributed by atoms with Crippen LogP contribution in [0.1, 0.15) is 39.7 Å². The Bertz CT molecular complexity index is 1500. The number of esters is 2. The number of ether oxygens (including phenoxy) is 2. The second-order valence-corrected chi connectivity index (χ2v) is 12.8. The molecular formula is C31H35NO8S. The van der Waals surface area contributed by atoms with Crippen LogP contribution in [0.2, 0.25) is 0 Å². The summed E-state index contributed by atoms with van der Waals surface area (Å²) in [4.78, 5) is 51.2. The predicted octanol–water partition coefficient (Wildman–Crippen LogP) is 3.82. The molecule has 0 saturated heterocycles. The van der Waals surface area contributed by atoms with Crippen LogP contribution in [0.15, 0.2) is 77.7 Å². The number of Topliss-reactive ketones (excluding diaryl/α,β-unsaturated/α-hetero) is 1. The van der Waals surface area contributed by atoms with Crippen LogP contribution < -0.4 is 5.32 Å². The quantitative estimate of drug-likeness (QED) is 0.319. The molecule has 3 aromatic carbocycles. The molecule has 0 aliphatic carbocycles. The van der Waals surface area contributed by atoms with Crippen LogP contribution in [-0.4, -0.2) is 56.0 Å². The molecule has 2 atom stereocenters. The third kappa shape index (κ3) is 9.53. The molecule has 41 heavy (non-hydrogen) atoms. The minimum atomic E-state index is -3.78. The van der Waals surface area contributed by atoms with E-state index in [2.05, 4.69) is 5.32 Å². The number of hydrogen-bond acceptors (Lipinski definition) is 8. The van der Waals surface area contributed by atoms with E-state index in [0.717, 1.165) is 16.3 Å². The number of carbonyl (C=O) groups is 4. The molecule has 0 heterocycles. The van der Waals surface area contributed by atoms with Gasteiger partial charge in [0.05, 0.1) is 23.5 Å². The number of hydrogen-bond donors (Lipinski definition) is 1. The Morgan fingerprint density at radius 2 is 1.49 bits per heavy atom. The van der Waals surface area contributed by atoms with Gasteiger partial charge in [-0.3, -0.25) is 19.2 Å². The Hall–Kier alpha value is -4.05. The highest BCUT2D eigenvalue weighted by Gasteiger charge is 2.31. The van der Waals surface area contributed by atoms with E-state index in [9.17, 15) is 27.6 Å². The van der Waals surface area contributed by atoms with Crippen molar-refractivity contribution in [2.75, 3.05) is 12.4 Å². The van der Waals surface area contributed by atoms with E-state index >= 15 is 0 Å². The summed E-state index contributed by atoms with van der Waals surface area (Å²) in [7, 11) is -3.78. The summed E-state index contributed by atoms with van der Waals surface area (Å²) in [6.45, 7) is 5.70. The van der Waals surface area contributed by atoms with Gasteiger partial charge < -0.3 is 14.8 Å². The van der Waals surface area contributed by atoms with Gasteiger partial charge in [0.15, 0.2) is 22.2 Å². The number of nitrogens with one attached hydrogen (secondary N) is 1. The van der Waals surface area contributed by atoms with E-state index in [4.69, 9.17) is 9.47 Å². The van der Waals surface area contributed by atoms with Crippen molar-refractivity contribution in [3.8, 4) is 0 Å². The first-order chi connectivity index (χ1) is 19.2. The SMILES string of the molecule is CC(CS(=O)(=O)c1ccccc1)C(=O)NC(CC(=O)OC(C)(C)C)C(=O)COC(=O)Cc1cccc2ccccc12. The lowest BCUT2D eigenvalue weighted by molar-refractivity contribution is -0.157. The van der Waals surface area contributed by atoms with Crippen molar-refractivity contribution in [2.24, 2.45) is 5.92 Å². The Labute approximate surface area is 240 Å². The average Bonchev–Trinajstić information content (AvgIpc) is 2.90. The van der Waals surface area contributed by atoms with Crippen molar-refractivity contribution in [2.45, 2.75) is 57.1 Å². The van der Waals surface area contributed by atoms with E-state index in [-0.39, 0.29) is 11.3 Å². The highest BCUT2D eigenvalue weighted by Crippen LogP contribution is 2.19. The second kappa shape index (κ2) is 13.5. The number of sulfone groups is 1. The summed E-state index contributed by atoms with van der Waals surface area (Å²) in [5.41, 5.74) is -0.107. The zero-order valence-electron chi connectivity index (χ0n) is 23.6. The van der Waals surface area contributed by atoms with Crippen LogP contribution in [0.25, 0.3) is 10.8 Å². The van der Waals surface area contributed by atoms with Gasteiger partial charge in [0.2, 0.25) is 5.91 Å². The zero-order chi connectivity index (χ0) is 30.2. The maximum atomic E-state index is 13.1. The predicted molar refractivity (Wildman–Crippen MR) is 154 cm³/mol. The Kier molecular flexibility index (Phi) is 10.4. The molecule has 0 saturated carbocycles. The number of amides is 1. The van der Waals surface area contributed by atoms with Crippen LogP contribution in [-0.2, 0) is 44.9 Å². The first-order valence-corrected chi connectivity index (χ1v) is 14.9. The molecule has 0 fully saturated rings. The Morgan fingerprint density at radius 3 is 2.17 bits per heavy atom. The average molecular weight is 582 g/mol.